The smallest absolute Gasteiger partial charge is 0.407 e. The van der Waals surface area contributed by atoms with Crippen molar-refractivity contribution in [3.05, 3.63) is 0 Å². The third kappa shape index (κ3) is 1.76. The Hall–Kier alpha value is -0.910. The van der Waals surface area contributed by atoms with Crippen molar-refractivity contribution in [1.82, 2.24) is 5.32 Å². The monoisotopic (exact) mass is 167 g/mol. The molecule has 0 radical (unpaired) electrons. The maximum atomic E-state index is 11.7. The molecule has 1 saturated heterocycles. The van der Waals surface area contributed by atoms with Crippen LogP contribution in [0, 0.1) is 0 Å². The molecular weight excluding hydrogens is 160 g/mol. The third-order valence-corrected chi connectivity index (χ3v) is 1.35. The number of cyclic esters (lactones) is 1. The highest BCUT2D eigenvalue weighted by Gasteiger charge is 2.34. The Morgan fingerprint density at radius 2 is 2.36 bits per heavy atom. The minimum atomic E-state index is -2.88. The van der Waals surface area contributed by atoms with Crippen molar-refractivity contribution >= 4 is 6.09 Å². The Morgan fingerprint density at radius 1 is 1.73 bits per heavy atom. The molecule has 2 atom stereocenters. The van der Waals surface area contributed by atoms with Gasteiger partial charge < -0.3 is 15.2 Å². The number of rotatable bonds is 2. The fourth-order valence-electron chi connectivity index (χ4n) is 0.757. The van der Waals surface area contributed by atoms with Crippen molar-refractivity contribution in [3.8, 4) is 0 Å². The van der Waals surface area contributed by atoms with Gasteiger partial charge in [-0.1, -0.05) is 0 Å². The zero-order chi connectivity index (χ0) is 8.43. The number of hydrogen-bond donors (Lipinski definition) is 2. The molecule has 1 aliphatic heterocycles. The highest BCUT2D eigenvalue weighted by molar-refractivity contribution is 5.69. The number of hydrogen-bond acceptors (Lipinski definition) is 3. The van der Waals surface area contributed by atoms with Crippen LogP contribution in [0.25, 0.3) is 0 Å². The van der Waals surface area contributed by atoms with E-state index in [1.165, 1.54) is 0 Å². The van der Waals surface area contributed by atoms with E-state index in [9.17, 15) is 13.6 Å². The van der Waals surface area contributed by atoms with E-state index < -0.39 is 24.7 Å². The minimum Gasteiger partial charge on any atom is -0.441 e. The third-order valence-electron chi connectivity index (χ3n) is 1.35. The van der Waals surface area contributed by atoms with Crippen LogP contribution in [0.5, 0.6) is 0 Å². The summed E-state index contributed by atoms with van der Waals surface area (Å²) in [6, 6.07) is 0. The zero-order valence-corrected chi connectivity index (χ0v) is 5.46. The van der Waals surface area contributed by atoms with Gasteiger partial charge in [0.05, 0.1) is 6.54 Å². The molecule has 0 bridgehead atoms. The number of ether oxygens (including phenoxy) is 1. The summed E-state index contributed by atoms with van der Waals surface area (Å²) in [6.45, 7) is -0.0651. The molecule has 1 aliphatic rings. The first-order valence-electron chi connectivity index (χ1n) is 3.02. The first-order chi connectivity index (χ1) is 5.11. The van der Waals surface area contributed by atoms with Gasteiger partial charge in [-0.05, 0) is 0 Å². The van der Waals surface area contributed by atoms with E-state index in [1.807, 2.05) is 0 Å². The lowest BCUT2D eigenvalue weighted by Crippen LogP contribution is -2.35. The number of halogens is 2. The van der Waals surface area contributed by atoms with E-state index in [0.717, 1.165) is 0 Å². The summed E-state index contributed by atoms with van der Waals surface area (Å²) in [5, 5.41) is 10.8. The topological polar surface area (TPSA) is 58.6 Å². The van der Waals surface area contributed by atoms with Crippen LogP contribution in [0.1, 0.15) is 0 Å². The number of carbonyl (C=O) groups excluding carboxylic acids is 1. The molecule has 1 heterocycles. The summed E-state index contributed by atoms with van der Waals surface area (Å²) in [5.41, 5.74) is 0. The standard InChI is InChI=1S/C5H7F2NO3/c6-4(7)3(9)2-1-8-5(10)11-2/h2-4,9H,1H2,(H,8,10). The first-order valence-corrected chi connectivity index (χ1v) is 3.02. The van der Waals surface area contributed by atoms with Crippen LogP contribution < -0.4 is 5.32 Å². The van der Waals surface area contributed by atoms with Gasteiger partial charge in [0.1, 0.15) is 0 Å². The Labute approximate surface area is 61.1 Å². The Kier molecular flexibility index (Phi) is 2.23. The second-order valence-corrected chi connectivity index (χ2v) is 2.15. The molecule has 1 amide bonds. The minimum absolute atomic E-state index is 0.0651. The molecule has 2 unspecified atom stereocenters. The van der Waals surface area contributed by atoms with E-state index in [-0.39, 0.29) is 6.54 Å². The molecule has 1 fully saturated rings. The summed E-state index contributed by atoms with van der Waals surface area (Å²) in [4.78, 5) is 10.3. The highest BCUT2D eigenvalue weighted by atomic mass is 19.3. The number of nitrogens with one attached hydrogen (secondary N) is 1. The maximum Gasteiger partial charge on any atom is 0.407 e. The zero-order valence-electron chi connectivity index (χ0n) is 5.46. The van der Waals surface area contributed by atoms with Crippen LogP contribution in [0.3, 0.4) is 0 Å². The van der Waals surface area contributed by atoms with Gasteiger partial charge in [-0.3, -0.25) is 0 Å². The van der Waals surface area contributed by atoms with Gasteiger partial charge in [-0.25, -0.2) is 13.6 Å². The molecule has 0 spiro atoms. The predicted molar refractivity (Wildman–Crippen MR) is 30.3 cm³/mol. The normalized spacial score (nSPS) is 26.5. The van der Waals surface area contributed by atoms with E-state index in [1.54, 1.807) is 0 Å². The van der Waals surface area contributed by atoms with Crippen molar-refractivity contribution in [2.75, 3.05) is 6.54 Å². The van der Waals surface area contributed by atoms with Gasteiger partial charge in [0.25, 0.3) is 6.43 Å². The number of alkyl halides is 2. The first kappa shape index (κ1) is 8.19. The lowest BCUT2D eigenvalue weighted by Gasteiger charge is -2.13. The molecule has 11 heavy (non-hydrogen) atoms. The van der Waals surface area contributed by atoms with E-state index >= 15 is 0 Å². The summed E-state index contributed by atoms with van der Waals surface area (Å²) in [7, 11) is 0. The van der Waals surface area contributed by atoms with E-state index in [0.29, 0.717) is 0 Å². The van der Waals surface area contributed by atoms with Crippen molar-refractivity contribution < 1.29 is 23.4 Å². The second kappa shape index (κ2) is 3.00. The fraction of sp³-hybridized carbons (Fsp3) is 0.800. The van der Waals surface area contributed by atoms with E-state index in [2.05, 4.69) is 10.1 Å². The van der Waals surface area contributed by atoms with Crippen molar-refractivity contribution in [2.24, 2.45) is 0 Å². The number of alkyl carbamates (subject to hydrolysis) is 1. The largest absolute Gasteiger partial charge is 0.441 e. The molecule has 0 saturated carbocycles. The van der Waals surface area contributed by atoms with Crippen LogP contribution in [0.15, 0.2) is 0 Å². The average Bonchev–Trinajstić information content (AvgIpc) is 2.34. The Balaban J connectivity index is 2.43. The maximum absolute atomic E-state index is 11.7. The van der Waals surface area contributed by atoms with Crippen LogP contribution in [0.2, 0.25) is 0 Å². The van der Waals surface area contributed by atoms with Crippen LogP contribution >= 0.6 is 0 Å². The predicted octanol–water partition coefficient (Wildman–Crippen LogP) is -0.279. The van der Waals surface area contributed by atoms with Gasteiger partial charge in [-0.2, -0.15) is 0 Å². The molecule has 64 valence electrons. The van der Waals surface area contributed by atoms with Gasteiger partial charge in [0.15, 0.2) is 12.2 Å². The summed E-state index contributed by atoms with van der Waals surface area (Å²) < 4.78 is 27.8. The summed E-state index contributed by atoms with van der Waals surface area (Å²) in [6.07, 6.45) is -6.67. The molecule has 1 rings (SSSR count). The Bertz CT molecular complexity index is 164. The molecule has 0 aromatic carbocycles. The number of aliphatic hydroxyl groups excluding tert-OH is 1. The van der Waals surface area contributed by atoms with Crippen LogP contribution in [0.4, 0.5) is 13.6 Å². The highest BCUT2D eigenvalue weighted by Crippen LogP contribution is 2.11. The van der Waals surface area contributed by atoms with Crippen LogP contribution in [-0.4, -0.2) is 36.4 Å². The Morgan fingerprint density at radius 3 is 2.73 bits per heavy atom. The second-order valence-electron chi connectivity index (χ2n) is 2.15. The lowest BCUT2D eigenvalue weighted by atomic mass is 10.2. The van der Waals surface area contributed by atoms with Crippen LogP contribution in [-0.2, 0) is 4.74 Å². The average molecular weight is 167 g/mol. The van der Waals surface area contributed by atoms with Crippen molar-refractivity contribution in [1.29, 1.82) is 0 Å². The van der Waals surface area contributed by atoms with Crippen molar-refractivity contribution in [2.45, 2.75) is 18.6 Å². The molecule has 4 nitrogen and oxygen atoms in total. The molecule has 0 aliphatic carbocycles. The molecule has 0 aromatic heterocycles. The molecule has 2 N–H and O–H groups in total. The molecule has 0 aromatic rings. The summed E-state index contributed by atoms with van der Waals surface area (Å²) in [5.74, 6) is 0. The number of amides is 1. The molecule has 6 heteroatoms. The van der Waals surface area contributed by atoms with Gasteiger partial charge in [-0.15, -0.1) is 0 Å². The lowest BCUT2D eigenvalue weighted by molar-refractivity contribution is -0.0642. The molecular formula is C5H7F2NO3. The van der Waals surface area contributed by atoms with E-state index in [4.69, 9.17) is 5.11 Å². The summed E-state index contributed by atoms with van der Waals surface area (Å²) >= 11 is 0. The SMILES string of the molecule is O=C1NCC(C(O)C(F)F)O1. The number of aliphatic hydroxyl groups is 1. The number of carbonyl (C=O) groups is 1. The van der Waals surface area contributed by atoms with Gasteiger partial charge in [0, 0.05) is 0 Å². The quantitative estimate of drug-likeness (QED) is 0.594. The van der Waals surface area contributed by atoms with Crippen molar-refractivity contribution in [3.63, 3.8) is 0 Å². The van der Waals surface area contributed by atoms with Gasteiger partial charge >= 0.3 is 6.09 Å². The fourth-order valence-corrected chi connectivity index (χ4v) is 0.757. The van der Waals surface area contributed by atoms with Gasteiger partial charge in [0.2, 0.25) is 0 Å².